The van der Waals surface area contributed by atoms with Gasteiger partial charge in [-0.15, -0.1) is 0 Å². The molecule has 21 heteroatoms. The van der Waals surface area contributed by atoms with Crippen LogP contribution in [-0.2, 0) is 46.9 Å². The number of carbonyl (C=O) groups excluding carboxylic acids is 1. The van der Waals surface area contributed by atoms with E-state index in [0.717, 1.165) is 18.4 Å². The van der Waals surface area contributed by atoms with Crippen molar-refractivity contribution >= 4 is 44.3 Å². The van der Waals surface area contributed by atoms with Gasteiger partial charge in [0.25, 0.3) is 0 Å². The number of fused-ring (bicyclic) bond motifs is 4. The Morgan fingerprint density at radius 1 is 1.10 bits per heavy atom. The highest BCUT2D eigenvalue weighted by atomic mass is 35.5. The van der Waals surface area contributed by atoms with Gasteiger partial charge in [0.2, 0.25) is 15.9 Å². The van der Waals surface area contributed by atoms with Gasteiger partial charge in [-0.05, 0) is 48.2 Å². The molecule has 0 bridgehead atoms. The third-order valence-corrected chi connectivity index (χ3v) is 11.2. The zero-order valence-corrected chi connectivity index (χ0v) is 32.7. The van der Waals surface area contributed by atoms with Crippen molar-refractivity contribution < 1.29 is 49.1 Å². The van der Waals surface area contributed by atoms with Gasteiger partial charge in [0, 0.05) is 48.8 Å². The van der Waals surface area contributed by atoms with Gasteiger partial charge in [-0.3, -0.25) is 18.9 Å². The SMILES string of the molecule is Cn1nc(NS(C)(=O)=O)c2c(Cl)ccc(-c3ccc(C#CC(O)C4CNC4)nc3[C@H](Cc3cc(F)cc(F)c3)NC(=O)Cn3nc(C(F)(F)F)c4c3C(F)(F)[C@@H]3C#C[C@H]43)c21. The molecule has 0 spiro atoms. The van der Waals surface area contributed by atoms with Crippen molar-refractivity contribution in [1.82, 2.24) is 35.2 Å². The summed E-state index contributed by atoms with van der Waals surface area (Å²) in [6, 6.07) is 7.14. The number of nitrogens with zero attached hydrogens (tertiary/aromatic N) is 5. The Labute approximate surface area is 341 Å². The Bertz CT molecular complexity index is 2840. The van der Waals surface area contributed by atoms with Crippen molar-refractivity contribution in [2.75, 3.05) is 24.1 Å². The molecule has 1 amide bonds. The summed E-state index contributed by atoms with van der Waals surface area (Å²) in [5, 5.41) is 24.2. The Kier molecular flexibility index (Phi) is 10.1. The number of aliphatic hydroxyl groups is 1. The topological polar surface area (TPSA) is 156 Å². The maximum Gasteiger partial charge on any atom is 0.435 e. The Morgan fingerprint density at radius 2 is 1.80 bits per heavy atom. The summed E-state index contributed by atoms with van der Waals surface area (Å²) in [4.78, 5) is 18.7. The highest BCUT2D eigenvalue weighted by Crippen LogP contribution is 2.58. The number of carbonyl (C=O) groups is 1. The first-order valence-electron chi connectivity index (χ1n) is 18.1. The lowest BCUT2D eigenvalue weighted by atomic mass is 9.84. The third-order valence-electron chi connectivity index (χ3n) is 10.4. The normalized spacial score (nSPS) is 18.9. The molecule has 12 nitrogen and oxygen atoms in total. The van der Waals surface area contributed by atoms with Crippen LogP contribution in [0.5, 0.6) is 0 Å². The van der Waals surface area contributed by atoms with Crippen LogP contribution >= 0.6 is 11.6 Å². The van der Waals surface area contributed by atoms with Crippen molar-refractivity contribution in [3.63, 3.8) is 0 Å². The molecule has 1 fully saturated rings. The molecule has 1 unspecified atom stereocenters. The molecule has 2 aromatic carbocycles. The molecule has 60 heavy (non-hydrogen) atoms. The minimum atomic E-state index is -5.16. The van der Waals surface area contributed by atoms with Crippen LogP contribution in [0.3, 0.4) is 0 Å². The van der Waals surface area contributed by atoms with Crippen LogP contribution in [-0.4, -0.2) is 69.4 Å². The van der Waals surface area contributed by atoms with Gasteiger partial charge in [-0.25, -0.2) is 22.2 Å². The van der Waals surface area contributed by atoms with Crippen molar-refractivity contribution in [3.05, 3.63) is 93.0 Å². The summed E-state index contributed by atoms with van der Waals surface area (Å²) >= 11 is 6.58. The van der Waals surface area contributed by atoms with E-state index >= 15 is 8.78 Å². The van der Waals surface area contributed by atoms with Crippen LogP contribution in [0.4, 0.5) is 36.6 Å². The Balaban J connectivity index is 1.27. The number of benzene rings is 2. The van der Waals surface area contributed by atoms with Crippen LogP contribution in [0.1, 0.15) is 45.9 Å². The van der Waals surface area contributed by atoms with E-state index in [9.17, 15) is 40.3 Å². The molecule has 8 rings (SSSR count). The average Bonchev–Trinajstić information content (AvgIpc) is 3.67. The van der Waals surface area contributed by atoms with Crippen LogP contribution in [0.15, 0.2) is 42.5 Å². The first-order valence-corrected chi connectivity index (χ1v) is 20.3. The monoisotopic (exact) mass is 874 g/mol. The molecule has 3 aromatic heterocycles. The molecule has 0 saturated carbocycles. The number of halogens is 8. The fourth-order valence-electron chi connectivity index (χ4n) is 7.62. The highest BCUT2D eigenvalue weighted by molar-refractivity contribution is 7.92. The largest absolute Gasteiger partial charge is 0.435 e. The zero-order valence-electron chi connectivity index (χ0n) is 31.1. The van der Waals surface area contributed by atoms with Crippen LogP contribution in [0.2, 0.25) is 5.02 Å². The molecule has 1 saturated heterocycles. The number of rotatable bonds is 10. The summed E-state index contributed by atoms with van der Waals surface area (Å²) < 4.78 is 131. The lowest BCUT2D eigenvalue weighted by Crippen LogP contribution is -2.48. The fraction of sp³-hybridized carbons (Fsp3) is 0.333. The van der Waals surface area contributed by atoms with E-state index in [4.69, 9.17) is 16.6 Å². The highest BCUT2D eigenvalue weighted by Gasteiger charge is 2.62. The second kappa shape index (κ2) is 14.8. The predicted molar refractivity (Wildman–Crippen MR) is 203 cm³/mol. The quantitative estimate of drug-likeness (QED) is 0.113. The van der Waals surface area contributed by atoms with E-state index in [-0.39, 0.29) is 54.9 Å². The van der Waals surface area contributed by atoms with Crippen molar-refractivity contribution in [3.8, 4) is 34.8 Å². The van der Waals surface area contributed by atoms with E-state index in [1.807, 2.05) is 0 Å². The number of hydrogen-bond donors (Lipinski definition) is 4. The fourth-order valence-corrected chi connectivity index (χ4v) is 8.35. The summed E-state index contributed by atoms with van der Waals surface area (Å²) in [5.41, 5.74) is -2.76. The maximum atomic E-state index is 15.6. The average molecular weight is 875 g/mol. The second-order valence-corrected chi connectivity index (χ2v) is 16.8. The van der Waals surface area contributed by atoms with E-state index in [1.165, 1.54) is 29.9 Å². The molecule has 5 aromatic rings. The molecule has 4 N–H and O–H groups in total. The minimum absolute atomic E-state index is 0.0176. The van der Waals surface area contributed by atoms with Gasteiger partial charge in [-0.1, -0.05) is 35.4 Å². The molecule has 1 aliphatic heterocycles. The van der Waals surface area contributed by atoms with Crippen LogP contribution < -0.4 is 15.4 Å². The molecular weight excluding hydrogens is 845 g/mol. The van der Waals surface area contributed by atoms with Gasteiger partial charge in [0.15, 0.2) is 11.5 Å². The van der Waals surface area contributed by atoms with Gasteiger partial charge in [0.05, 0.1) is 39.8 Å². The van der Waals surface area contributed by atoms with Gasteiger partial charge in [0.1, 0.15) is 41.6 Å². The molecule has 4 atom stereocenters. The minimum Gasteiger partial charge on any atom is -0.380 e. The number of nitrogens with one attached hydrogen (secondary N) is 3. The smallest absolute Gasteiger partial charge is 0.380 e. The number of hydrogen-bond acceptors (Lipinski definition) is 8. The molecule has 3 aliphatic rings. The van der Waals surface area contributed by atoms with E-state index < -0.39 is 93.6 Å². The lowest BCUT2D eigenvalue weighted by Gasteiger charge is -2.28. The van der Waals surface area contributed by atoms with Gasteiger partial charge >= 0.3 is 12.1 Å². The summed E-state index contributed by atoms with van der Waals surface area (Å²) in [6.45, 7) is -0.113. The van der Waals surface area contributed by atoms with E-state index in [2.05, 4.69) is 49.2 Å². The first kappa shape index (κ1) is 41.1. The third kappa shape index (κ3) is 7.53. The van der Waals surface area contributed by atoms with Crippen molar-refractivity contribution in [2.24, 2.45) is 18.9 Å². The summed E-state index contributed by atoms with van der Waals surface area (Å²) in [6.07, 6.45) is -5.72. The number of pyridine rings is 1. The van der Waals surface area contributed by atoms with Gasteiger partial charge < -0.3 is 15.7 Å². The maximum absolute atomic E-state index is 15.6. The number of amides is 1. The number of aromatic nitrogens is 5. The van der Waals surface area contributed by atoms with Crippen molar-refractivity contribution in [1.29, 1.82) is 0 Å². The summed E-state index contributed by atoms with van der Waals surface area (Å²) in [5.74, 6) is -0.348. The predicted octanol–water partition coefficient (Wildman–Crippen LogP) is 5.01. The number of aryl methyl sites for hydroxylation is 1. The number of aliphatic hydroxyl groups excluding tert-OH is 1. The molecule has 2 aliphatic carbocycles. The summed E-state index contributed by atoms with van der Waals surface area (Å²) in [7, 11) is -2.37. The Hall–Kier alpha value is -5.67. The number of alkyl halides is 5. The molecule has 4 heterocycles. The van der Waals surface area contributed by atoms with Gasteiger partial charge in [-0.2, -0.15) is 32.1 Å². The standard InChI is InChI=1S/C39H30ClF7N8O4S/c1-54-34-24(7-9-27(40)32(34)37(52-54)53-60(2,58)59)23-5-3-22(4-10-29(56)19-15-48-16-19)49-33(23)28(13-18-11-20(41)14-21(42)12-18)50-30(57)17-55-36-31(35(51-55)39(45,46)47)25-6-8-26(25)38(36,43)44/h3,5,7,9,11-12,14,19,25-26,28-29,48,56H,13,15-17H2,1-2H3,(H,50,57)(H,52,53)/t25-,26+,28-,29?/m0/s1. The first-order chi connectivity index (χ1) is 28.2. The molecular formula is C39H30ClF7N8O4S. The second-order valence-electron chi connectivity index (χ2n) is 14.7. The number of anilines is 1. The van der Waals surface area contributed by atoms with E-state index in [1.54, 1.807) is 6.07 Å². The lowest BCUT2D eigenvalue weighted by molar-refractivity contribution is -0.142. The van der Waals surface area contributed by atoms with E-state index in [0.29, 0.717) is 24.7 Å². The van der Waals surface area contributed by atoms with Crippen LogP contribution in [0.25, 0.3) is 22.0 Å². The molecule has 312 valence electrons. The van der Waals surface area contributed by atoms with Crippen LogP contribution in [0, 0.1) is 47.2 Å². The zero-order chi connectivity index (χ0) is 43.1. The van der Waals surface area contributed by atoms with Crippen molar-refractivity contribution in [2.45, 2.75) is 43.1 Å². The Morgan fingerprint density at radius 3 is 2.42 bits per heavy atom. The number of sulfonamides is 1. The molecule has 0 radical (unpaired) electrons.